The van der Waals surface area contributed by atoms with Crippen LogP contribution in [0.15, 0.2) is 41.3 Å². The van der Waals surface area contributed by atoms with Gasteiger partial charge in [0.1, 0.15) is 0 Å². The quantitative estimate of drug-likeness (QED) is 0.667. The van der Waals surface area contributed by atoms with E-state index in [1.807, 2.05) is 32.0 Å². The fraction of sp³-hybridized carbons (Fsp3) is 0.286. The van der Waals surface area contributed by atoms with E-state index in [1.165, 1.54) is 17.4 Å². The Bertz CT molecular complexity index is 1280. The molecule has 1 aliphatic heterocycles. The lowest BCUT2D eigenvalue weighted by Crippen LogP contribution is -2.28. The number of rotatable bonds is 4. The molecule has 0 bridgehead atoms. The summed E-state index contributed by atoms with van der Waals surface area (Å²) in [5.41, 5.74) is 3.57. The van der Waals surface area contributed by atoms with Crippen LogP contribution in [0.3, 0.4) is 0 Å². The van der Waals surface area contributed by atoms with Gasteiger partial charge >= 0.3 is 0 Å². The van der Waals surface area contributed by atoms with E-state index in [-0.39, 0.29) is 23.1 Å². The second-order valence-corrected chi connectivity index (χ2v) is 10.6. The largest absolute Gasteiger partial charge is 0.311 e. The third-order valence-electron chi connectivity index (χ3n) is 5.38. The van der Waals surface area contributed by atoms with Crippen LogP contribution in [0.5, 0.6) is 0 Å². The zero-order chi connectivity index (χ0) is 21.6. The fourth-order valence-electron chi connectivity index (χ4n) is 3.54. The predicted octanol–water partition coefficient (Wildman–Crippen LogP) is 3.31. The highest BCUT2D eigenvalue weighted by atomic mass is 32.2. The van der Waals surface area contributed by atoms with E-state index in [2.05, 4.69) is 10.3 Å². The number of aromatic nitrogens is 1. The van der Waals surface area contributed by atoms with Gasteiger partial charge in [0.25, 0.3) is 0 Å². The molecule has 1 saturated heterocycles. The van der Waals surface area contributed by atoms with Crippen LogP contribution in [0, 0.1) is 19.8 Å². The number of benzene rings is 2. The second kappa shape index (κ2) is 7.48. The Labute approximate surface area is 178 Å². The van der Waals surface area contributed by atoms with Crippen LogP contribution in [0.25, 0.3) is 10.2 Å². The van der Waals surface area contributed by atoms with Crippen molar-refractivity contribution in [2.24, 2.45) is 5.92 Å². The van der Waals surface area contributed by atoms with Gasteiger partial charge in [-0.3, -0.25) is 9.59 Å². The van der Waals surface area contributed by atoms with Crippen molar-refractivity contribution in [3.63, 3.8) is 0 Å². The van der Waals surface area contributed by atoms with Gasteiger partial charge in [0.05, 0.1) is 21.0 Å². The van der Waals surface area contributed by atoms with E-state index in [1.54, 1.807) is 17.0 Å². The summed E-state index contributed by atoms with van der Waals surface area (Å²) in [5, 5.41) is 3.18. The fourth-order valence-corrected chi connectivity index (χ4v) is 5.17. The SMILES string of the molecule is Cc1cccc(N2C[C@@H](C(=O)Nc3nc4ccc(S(C)(=O)=O)cc4s3)CC2=O)c1C. The maximum atomic E-state index is 12.8. The third-order valence-corrected chi connectivity index (χ3v) is 7.42. The minimum absolute atomic E-state index is 0.0778. The van der Waals surface area contributed by atoms with E-state index < -0.39 is 15.8 Å². The normalized spacial score (nSPS) is 17.0. The number of sulfone groups is 1. The number of nitrogens with zero attached hydrogens (tertiary/aromatic N) is 2. The van der Waals surface area contributed by atoms with Gasteiger partial charge < -0.3 is 10.2 Å². The van der Waals surface area contributed by atoms with Gasteiger partial charge in [-0.25, -0.2) is 13.4 Å². The molecule has 3 aromatic rings. The zero-order valence-electron chi connectivity index (χ0n) is 16.8. The van der Waals surface area contributed by atoms with Crippen LogP contribution in [0.4, 0.5) is 10.8 Å². The number of anilines is 2. The Hall–Kier alpha value is -2.78. The smallest absolute Gasteiger partial charge is 0.231 e. The Balaban J connectivity index is 1.52. The molecule has 9 heteroatoms. The summed E-state index contributed by atoms with van der Waals surface area (Å²) in [6.45, 7) is 4.28. The average molecular weight is 444 g/mol. The Kier molecular flexibility index (Phi) is 5.11. The van der Waals surface area contributed by atoms with Crippen LogP contribution in [0.2, 0.25) is 0 Å². The number of amides is 2. The number of aryl methyl sites for hydroxylation is 1. The van der Waals surface area contributed by atoms with Gasteiger partial charge in [-0.2, -0.15) is 0 Å². The molecule has 156 valence electrons. The maximum absolute atomic E-state index is 12.8. The molecule has 0 radical (unpaired) electrons. The number of hydrogen-bond acceptors (Lipinski definition) is 6. The third kappa shape index (κ3) is 3.82. The Morgan fingerprint density at radius 1 is 1.23 bits per heavy atom. The predicted molar refractivity (Wildman–Crippen MR) is 118 cm³/mol. The molecular formula is C21H21N3O4S2. The molecule has 2 amide bonds. The monoisotopic (exact) mass is 443 g/mol. The zero-order valence-corrected chi connectivity index (χ0v) is 18.4. The standard InChI is InChI=1S/C21H21N3O4S2/c1-12-5-4-6-17(13(12)2)24-11-14(9-19(24)25)20(26)23-21-22-16-8-7-15(30(3,27)28)10-18(16)29-21/h4-8,10,14H,9,11H2,1-3H3,(H,22,23,26)/t14-/m0/s1. The van der Waals surface area contributed by atoms with Crippen molar-refractivity contribution in [3.05, 3.63) is 47.5 Å². The molecule has 0 unspecified atom stereocenters. The first-order valence-corrected chi connectivity index (χ1v) is 12.1. The minimum atomic E-state index is -3.32. The van der Waals surface area contributed by atoms with Crippen molar-refractivity contribution in [2.45, 2.75) is 25.2 Å². The molecule has 4 rings (SSSR count). The first-order chi connectivity index (χ1) is 14.1. The van der Waals surface area contributed by atoms with Gasteiger partial charge in [-0.1, -0.05) is 23.5 Å². The lowest BCUT2D eigenvalue weighted by molar-refractivity contribution is -0.122. The summed E-state index contributed by atoms with van der Waals surface area (Å²) in [6, 6.07) is 10.5. The molecule has 1 aromatic heterocycles. The van der Waals surface area contributed by atoms with Gasteiger partial charge in [-0.05, 0) is 49.2 Å². The summed E-state index contributed by atoms with van der Waals surface area (Å²) < 4.78 is 24.1. The van der Waals surface area contributed by atoms with Gasteiger partial charge in [0.15, 0.2) is 15.0 Å². The van der Waals surface area contributed by atoms with Crippen molar-refractivity contribution in [1.29, 1.82) is 0 Å². The number of nitrogens with one attached hydrogen (secondary N) is 1. The summed E-state index contributed by atoms with van der Waals surface area (Å²) in [5.74, 6) is -0.819. The summed E-state index contributed by atoms with van der Waals surface area (Å²) >= 11 is 1.21. The van der Waals surface area contributed by atoms with Crippen molar-refractivity contribution in [3.8, 4) is 0 Å². The van der Waals surface area contributed by atoms with Crippen molar-refractivity contribution < 1.29 is 18.0 Å². The van der Waals surface area contributed by atoms with Crippen LogP contribution in [-0.2, 0) is 19.4 Å². The first-order valence-electron chi connectivity index (χ1n) is 9.41. The van der Waals surface area contributed by atoms with Gasteiger partial charge in [0.2, 0.25) is 11.8 Å². The average Bonchev–Trinajstić information content (AvgIpc) is 3.25. The first kappa shape index (κ1) is 20.5. The lowest BCUT2D eigenvalue weighted by Gasteiger charge is -2.20. The molecule has 7 nitrogen and oxygen atoms in total. The Morgan fingerprint density at radius 3 is 2.73 bits per heavy atom. The summed E-state index contributed by atoms with van der Waals surface area (Å²) in [6.07, 6.45) is 1.29. The molecule has 2 heterocycles. The van der Waals surface area contributed by atoms with Crippen molar-refractivity contribution in [2.75, 3.05) is 23.0 Å². The van der Waals surface area contributed by atoms with E-state index in [9.17, 15) is 18.0 Å². The molecular weight excluding hydrogens is 422 g/mol. The highest BCUT2D eigenvalue weighted by molar-refractivity contribution is 7.90. The minimum Gasteiger partial charge on any atom is -0.311 e. The number of carbonyl (C=O) groups is 2. The molecule has 2 aromatic carbocycles. The van der Waals surface area contributed by atoms with Crippen molar-refractivity contribution >= 4 is 54.0 Å². The number of hydrogen-bond donors (Lipinski definition) is 1. The van der Waals surface area contributed by atoms with Gasteiger partial charge in [-0.15, -0.1) is 0 Å². The van der Waals surface area contributed by atoms with Crippen LogP contribution in [0.1, 0.15) is 17.5 Å². The summed E-state index contributed by atoms with van der Waals surface area (Å²) in [7, 11) is -3.32. The second-order valence-electron chi connectivity index (χ2n) is 7.53. The lowest BCUT2D eigenvalue weighted by atomic mass is 10.1. The molecule has 0 spiro atoms. The van der Waals surface area contributed by atoms with Crippen LogP contribution >= 0.6 is 11.3 Å². The van der Waals surface area contributed by atoms with E-state index in [4.69, 9.17) is 0 Å². The van der Waals surface area contributed by atoms with Crippen molar-refractivity contribution in [1.82, 2.24) is 4.98 Å². The van der Waals surface area contributed by atoms with Gasteiger partial charge in [0, 0.05) is 24.9 Å². The number of thiazole rings is 1. The van der Waals surface area contributed by atoms with E-state index >= 15 is 0 Å². The Morgan fingerprint density at radius 2 is 2.00 bits per heavy atom. The topological polar surface area (TPSA) is 96.4 Å². The highest BCUT2D eigenvalue weighted by Gasteiger charge is 2.36. The molecule has 1 N–H and O–H groups in total. The van der Waals surface area contributed by atoms with E-state index in [0.29, 0.717) is 21.9 Å². The van der Waals surface area contributed by atoms with Crippen LogP contribution < -0.4 is 10.2 Å². The molecule has 1 atom stereocenters. The molecule has 0 saturated carbocycles. The molecule has 1 fully saturated rings. The molecule has 1 aliphatic rings. The highest BCUT2D eigenvalue weighted by Crippen LogP contribution is 2.32. The van der Waals surface area contributed by atoms with E-state index in [0.717, 1.165) is 23.1 Å². The number of fused-ring (bicyclic) bond motifs is 1. The maximum Gasteiger partial charge on any atom is 0.231 e. The summed E-state index contributed by atoms with van der Waals surface area (Å²) in [4.78, 5) is 31.6. The molecule has 30 heavy (non-hydrogen) atoms. The molecule has 0 aliphatic carbocycles. The number of carbonyl (C=O) groups excluding carboxylic acids is 2. The van der Waals surface area contributed by atoms with Crippen LogP contribution in [-0.4, -0.2) is 38.0 Å².